The number of carbonyl (C=O) groups excluding carboxylic acids is 2. The van der Waals surface area contributed by atoms with E-state index in [-0.39, 0.29) is 30.3 Å². The molecule has 2 fully saturated rings. The van der Waals surface area contributed by atoms with Gasteiger partial charge in [0.15, 0.2) is 0 Å². The van der Waals surface area contributed by atoms with E-state index in [1.807, 2.05) is 26.8 Å². The maximum absolute atomic E-state index is 13.2. The van der Waals surface area contributed by atoms with Gasteiger partial charge in [-0.2, -0.15) is 0 Å². The Bertz CT molecular complexity index is 909. The van der Waals surface area contributed by atoms with Crippen LogP contribution in [-0.2, 0) is 19.1 Å². The molecule has 2 saturated heterocycles. The number of rotatable bonds is 2. The highest BCUT2D eigenvalue weighted by atomic mass is 32.1. The molecule has 0 aromatic carbocycles. The number of aliphatic hydroxyl groups is 2. The summed E-state index contributed by atoms with van der Waals surface area (Å²) < 4.78 is 11.7. The molecule has 8 heteroatoms. The van der Waals surface area contributed by atoms with Crippen molar-refractivity contribution in [2.45, 2.75) is 104 Å². The zero-order chi connectivity index (χ0) is 25.2. The van der Waals surface area contributed by atoms with Crippen molar-refractivity contribution in [3.8, 4) is 0 Å². The Balaban J connectivity index is 1.81. The van der Waals surface area contributed by atoms with Gasteiger partial charge in [0.2, 0.25) is 0 Å². The van der Waals surface area contributed by atoms with Crippen LogP contribution in [0.3, 0.4) is 0 Å². The molecule has 1 aromatic heterocycles. The molecule has 1 aromatic rings. The van der Waals surface area contributed by atoms with Crippen molar-refractivity contribution < 1.29 is 29.3 Å². The largest absolute Gasteiger partial charge is 0.458 e. The van der Waals surface area contributed by atoms with Crippen molar-refractivity contribution in [2.24, 2.45) is 17.3 Å². The van der Waals surface area contributed by atoms with Crippen LogP contribution in [-0.4, -0.2) is 57.5 Å². The summed E-state index contributed by atoms with van der Waals surface area (Å²) in [5.41, 5.74) is -0.302. The zero-order valence-corrected chi connectivity index (χ0v) is 21.9. The van der Waals surface area contributed by atoms with Crippen molar-refractivity contribution in [1.82, 2.24) is 4.98 Å². The molecule has 34 heavy (non-hydrogen) atoms. The molecular weight excluding hydrogens is 454 g/mol. The summed E-state index contributed by atoms with van der Waals surface area (Å²) in [6.07, 6.45) is 4.18. The molecule has 7 unspecified atom stereocenters. The molecule has 0 radical (unpaired) electrons. The lowest BCUT2D eigenvalue weighted by atomic mass is 9.73. The predicted molar refractivity (Wildman–Crippen MR) is 131 cm³/mol. The molecular formula is C26H39NO6S. The number of nitrogens with zero attached hydrogens (tertiary/aromatic N) is 1. The van der Waals surface area contributed by atoms with Gasteiger partial charge in [-0.1, -0.05) is 34.1 Å². The van der Waals surface area contributed by atoms with Gasteiger partial charge in [-0.3, -0.25) is 9.59 Å². The van der Waals surface area contributed by atoms with Crippen molar-refractivity contribution in [3.63, 3.8) is 0 Å². The number of hydrogen-bond donors (Lipinski definition) is 2. The van der Waals surface area contributed by atoms with Crippen LogP contribution in [0.4, 0.5) is 0 Å². The Morgan fingerprint density at radius 1 is 1.21 bits per heavy atom. The van der Waals surface area contributed by atoms with Gasteiger partial charge in [-0.05, 0) is 44.3 Å². The maximum atomic E-state index is 13.2. The van der Waals surface area contributed by atoms with Crippen LogP contribution in [0.25, 0.3) is 6.08 Å². The van der Waals surface area contributed by atoms with E-state index in [0.717, 1.165) is 34.7 Å². The summed E-state index contributed by atoms with van der Waals surface area (Å²) in [6, 6.07) is 0. The lowest BCUT2D eigenvalue weighted by Crippen LogP contribution is -2.45. The van der Waals surface area contributed by atoms with E-state index in [1.165, 1.54) is 0 Å². The third-order valence-corrected chi connectivity index (χ3v) is 8.27. The Morgan fingerprint density at radius 2 is 1.91 bits per heavy atom. The summed E-state index contributed by atoms with van der Waals surface area (Å²) in [6.45, 7) is 10.8. The van der Waals surface area contributed by atoms with Crippen molar-refractivity contribution >= 4 is 29.2 Å². The average Bonchev–Trinajstić information content (AvgIpc) is 3.38. The Morgan fingerprint density at radius 3 is 2.56 bits per heavy atom. The first-order chi connectivity index (χ1) is 15.9. The molecule has 0 bridgehead atoms. The fraction of sp³-hybridized carbons (Fsp3) is 0.731. The monoisotopic (exact) mass is 493 g/mol. The van der Waals surface area contributed by atoms with E-state index >= 15 is 0 Å². The smallest absolute Gasteiger partial charge is 0.309 e. The van der Waals surface area contributed by atoms with E-state index in [9.17, 15) is 19.8 Å². The highest BCUT2D eigenvalue weighted by Crippen LogP contribution is 2.36. The normalized spacial score (nSPS) is 36.0. The molecule has 2 N–H and O–H groups in total. The van der Waals surface area contributed by atoms with Crippen molar-refractivity contribution in [3.05, 3.63) is 21.7 Å². The SMILES string of the molecule is CC(=Cc1cnc(C)s1)C1CC2OC2CCCC(C)C(O)C(C)C(=O)C(C)(C)C(O)CC(=O)O1. The molecule has 2 aliphatic rings. The van der Waals surface area contributed by atoms with Gasteiger partial charge in [-0.25, -0.2) is 4.98 Å². The van der Waals surface area contributed by atoms with Gasteiger partial charge in [0.05, 0.1) is 41.3 Å². The maximum Gasteiger partial charge on any atom is 0.309 e. The predicted octanol–water partition coefficient (Wildman–Crippen LogP) is 4.09. The number of hydrogen-bond acceptors (Lipinski definition) is 8. The summed E-state index contributed by atoms with van der Waals surface area (Å²) in [7, 11) is 0. The van der Waals surface area contributed by atoms with Crippen molar-refractivity contribution in [2.75, 3.05) is 0 Å². The topological polar surface area (TPSA) is 109 Å². The Hall–Kier alpha value is -1.61. The number of fused-ring (bicyclic) bond motifs is 1. The Kier molecular flexibility index (Phi) is 8.71. The van der Waals surface area contributed by atoms with Gasteiger partial charge in [0, 0.05) is 23.4 Å². The number of epoxide rings is 1. The molecule has 190 valence electrons. The molecule has 3 rings (SSSR count). The number of ether oxygens (including phenoxy) is 2. The number of aryl methyl sites for hydroxylation is 1. The minimum absolute atomic E-state index is 0.0133. The van der Waals surface area contributed by atoms with Crippen LogP contribution in [0.1, 0.15) is 76.6 Å². The van der Waals surface area contributed by atoms with Crippen molar-refractivity contribution in [1.29, 1.82) is 0 Å². The first kappa shape index (κ1) is 27.0. The fourth-order valence-corrected chi connectivity index (χ4v) is 5.57. The summed E-state index contributed by atoms with van der Waals surface area (Å²) in [5, 5.41) is 22.6. The van der Waals surface area contributed by atoms with E-state index in [1.54, 1.807) is 38.3 Å². The lowest BCUT2D eigenvalue weighted by molar-refractivity contribution is -0.154. The second-order valence-electron chi connectivity index (χ2n) is 10.6. The quantitative estimate of drug-likeness (QED) is 0.472. The third kappa shape index (κ3) is 6.53. The van der Waals surface area contributed by atoms with Gasteiger partial charge >= 0.3 is 5.97 Å². The van der Waals surface area contributed by atoms with Crippen LogP contribution >= 0.6 is 11.3 Å². The van der Waals surface area contributed by atoms with Crippen LogP contribution in [0.5, 0.6) is 0 Å². The highest BCUT2D eigenvalue weighted by molar-refractivity contribution is 7.12. The van der Waals surface area contributed by atoms with E-state index < -0.39 is 35.6 Å². The molecule has 0 amide bonds. The lowest BCUT2D eigenvalue weighted by Gasteiger charge is -2.34. The second kappa shape index (κ2) is 11.0. The standard InChI is InChI=1S/C26H39NO6S/c1-14-8-7-9-19-21(32-19)11-20(15(2)10-18-13-27-17(4)34-18)33-23(29)12-22(28)26(5,6)25(31)16(3)24(14)30/h10,13-14,16,19-22,24,28,30H,7-9,11-12H2,1-6H3. The number of aromatic nitrogens is 1. The minimum Gasteiger partial charge on any atom is -0.458 e. The molecule has 7 nitrogen and oxygen atoms in total. The molecule has 0 spiro atoms. The van der Waals surface area contributed by atoms with Gasteiger partial charge in [0.25, 0.3) is 0 Å². The molecule has 7 atom stereocenters. The molecule has 2 aliphatic heterocycles. The van der Waals surface area contributed by atoms with E-state index in [2.05, 4.69) is 4.98 Å². The summed E-state index contributed by atoms with van der Waals surface area (Å²) in [5.74, 6) is -1.51. The minimum atomic E-state index is -1.22. The number of aliphatic hydroxyl groups excluding tert-OH is 2. The number of ketones is 1. The first-order valence-corrected chi connectivity index (χ1v) is 13.1. The molecule has 3 heterocycles. The number of esters is 1. The highest BCUT2D eigenvalue weighted by Gasteiger charge is 2.44. The number of cyclic esters (lactones) is 1. The fourth-order valence-electron chi connectivity index (χ4n) is 4.77. The van der Waals surface area contributed by atoms with E-state index in [0.29, 0.717) is 6.42 Å². The number of carbonyl (C=O) groups is 2. The molecule has 0 saturated carbocycles. The summed E-state index contributed by atoms with van der Waals surface area (Å²) in [4.78, 5) is 31.3. The second-order valence-corrected chi connectivity index (χ2v) is 11.9. The molecule has 0 aliphatic carbocycles. The van der Waals surface area contributed by atoms with Gasteiger partial charge in [0.1, 0.15) is 11.9 Å². The number of thiazole rings is 1. The van der Waals surface area contributed by atoms with Crippen LogP contribution < -0.4 is 0 Å². The van der Waals surface area contributed by atoms with Crippen LogP contribution in [0.15, 0.2) is 11.8 Å². The number of Topliss-reactive ketones (excluding diaryl/α,β-unsaturated/α-hetero) is 1. The Labute approximate surface area is 206 Å². The van der Waals surface area contributed by atoms with Crippen LogP contribution in [0, 0.1) is 24.2 Å². The van der Waals surface area contributed by atoms with Gasteiger partial charge in [-0.15, -0.1) is 11.3 Å². The zero-order valence-electron chi connectivity index (χ0n) is 21.1. The average molecular weight is 494 g/mol. The summed E-state index contributed by atoms with van der Waals surface area (Å²) >= 11 is 1.57. The van der Waals surface area contributed by atoms with E-state index in [4.69, 9.17) is 9.47 Å². The van der Waals surface area contributed by atoms with Gasteiger partial charge < -0.3 is 19.7 Å². The first-order valence-electron chi connectivity index (χ1n) is 12.3. The third-order valence-electron chi connectivity index (χ3n) is 7.41. The van der Waals surface area contributed by atoms with Crippen LogP contribution in [0.2, 0.25) is 0 Å².